The van der Waals surface area contributed by atoms with Gasteiger partial charge < -0.3 is 10.2 Å². The van der Waals surface area contributed by atoms with Gasteiger partial charge in [-0.05, 0) is 64.1 Å². The van der Waals surface area contributed by atoms with E-state index in [0.717, 1.165) is 50.3 Å². The third-order valence-electron chi connectivity index (χ3n) is 5.38. The summed E-state index contributed by atoms with van der Waals surface area (Å²) in [6, 6.07) is 0.461. The lowest BCUT2D eigenvalue weighted by molar-refractivity contribution is -0.134. The van der Waals surface area contributed by atoms with Gasteiger partial charge in [-0.3, -0.25) is 9.89 Å². The number of hydrogen-bond donors (Lipinski definition) is 2. The fourth-order valence-electron chi connectivity index (χ4n) is 4.10. The molecule has 0 bridgehead atoms. The molecule has 2 atom stereocenters. The van der Waals surface area contributed by atoms with Crippen LogP contribution in [0.4, 0.5) is 0 Å². The molecule has 0 unspecified atom stereocenters. The molecule has 2 aliphatic rings. The summed E-state index contributed by atoms with van der Waals surface area (Å²) in [4.78, 5) is 15.0. The molecule has 122 valence electrons. The molecule has 1 aromatic heterocycles. The number of nitrogens with zero attached hydrogens (tertiary/aromatic N) is 2. The Morgan fingerprint density at radius 3 is 2.95 bits per heavy atom. The van der Waals surface area contributed by atoms with Crippen LogP contribution in [0.2, 0.25) is 0 Å². The average molecular weight is 304 g/mol. The minimum atomic E-state index is 0.332. The van der Waals surface area contributed by atoms with Gasteiger partial charge in [0.2, 0.25) is 5.91 Å². The van der Waals surface area contributed by atoms with E-state index in [1.165, 1.54) is 18.4 Å². The lowest BCUT2D eigenvalue weighted by atomic mass is 9.89. The number of nitrogens with one attached hydrogen (secondary N) is 2. The van der Waals surface area contributed by atoms with Crippen molar-refractivity contribution in [2.75, 3.05) is 19.6 Å². The molecule has 5 heteroatoms. The van der Waals surface area contributed by atoms with E-state index in [2.05, 4.69) is 20.4 Å². The Hall–Kier alpha value is -1.36. The van der Waals surface area contributed by atoms with E-state index in [0.29, 0.717) is 24.3 Å². The topological polar surface area (TPSA) is 61.0 Å². The molecule has 2 fully saturated rings. The molecule has 0 saturated carbocycles. The molecule has 2 saturated heterocycles. The normalized spacial score (nSPS) is 25.6. The van der Waals surface area contributed by atoms with Gasteiger partial charge in [-0.2, -0.15) is 5.10 Å². The number of likely N-dealkylation sites (tertiary alicyclic amines) is 1. The predicted octanol–water partition coefficient (Wildman–Crippen LogP) is 1.95. The number of fused-ring (bicyclic) bond motifs is 1. The van der Waals surface area contributed by atoms with E-state index >= 15 is 0 Å². The van der Waals surface area contributed by atoms with Crippen LogP contribution in [0.25, 0.3) is 0 Å². The van der Waals surface area contributed by atoms with E-state index < -0.39 is 0 Å². The zero-order chi connectivity index (χ0) is 15.5. The molecule has 2 aliphatic heterocycles. The van der Waals surface area contributed by atoms with E-state index in [-0.39, 0.29) is 0 Å². The number of aromatic amines is 1. The van der Waals surface area contributed by atoms with Crippen LogP contribution < -0.4 is 5.32 Å². The first kappa shape index (κ1) is 15.5. The standard InChI is InChI=1S/C17H28N4O/c1-12-15(13(2)20-19-12)6-7-17(22)21-10-4-3-5-14-11-18-9-8-16(14)21/h14,16,18H,3-11H2,1-2H3,(H,19,20)/t14-,16+/m0/s1. The molecule has 0 aliphatic carbocycles. The van der Waals surface area contributed by atoms with Crippen LogP contribution in [0.15, 0.2) is 0 Å². The van der Waals surface area contributed by atoms with Crippen molar-refractivity contribution in [1.29, 1.82) is 0 Å². The summed E-state index contributed by atoms with van der Waals surface area (Å²) in [5.41, 5.74) is 3.34. The van der Waals surface area contributed by atoms with Crippen molar-refractivity contribution in [2.45, 2.75) is 58.4 Å². The van der Waals surface area contributed by atoms with E-state index in [9.17, 15) is 4.79 Å². The number of H-pyrrole nitrogens is 1. The maximum absolute atomic E-state index is 12.8. The summed E-state index contributed by atoms with van der Waals surface area (Å²) >= 11 is 0. The summed E-state index contributed by atoms with van der Waals surface area (Å²) in [5.74, 6) is 0.983. The highest BCUT2D eigenvalue weighted by Gasteiger charge is 2.34. The number of hydrogen-bond acceptors (Lipinski definition) is 3. The number of carbonyl (C=O) groups excluding carboxylic acids is 1. The molecule has 22 heavy (non-hydrogen) atoms. The smallest absolute Gasteiger partial charge is 0.223 e. The monoisotopic (exact) mass is 304 g/mol. The third kappa shape index (κ3) is 3.19. The van der Waals surface area contributed by atoms with Crippen LogP contribution in [0.5, 0.6) is 0 Å². The van der Waals surface area contributed by atoms with Crippen LogP contribution in [0.1, 0.15) is 49.1 Å². The molecular weight excluding hydrogens is 276 g/mol. The van der Waals surface area contributed by atoms with Gasteiger partial charge in [0, 0.05) is 24.7 Å². The fourth-order valence-corrected chi connectivity index (χ4v) is 4.10. The Morgan fingerprint density at radius 1 is 1.32 bits per heavy atom. The second-order valence-corrected chi connectivity index (χ2v) is 6.82. The van der Waals surface area contributed by atoms with E-state index in [1.54, 1.807) is 0 Å². The lowest BCUT2D eigenvalue weighted by Gasteiger charge is -2.38. The second kappa shape index (κ2) is 6.82. The van der Waals surface area contributed by atoms with Gasteiger partial charge in [-0.15, -0.1) is 0 Å². The summed E-state index contributed by atoms with van der Waals surface area (Å²) < 4.78 is 0. The number of carbonyl (C=O) groups is 1. The van der Waals surface area contributed by atoms with Crippen LogP contribution in [0, 0.1) is 19.8 Å². The highest BCUT2D eigenvalue weighted by atomic mass is 16.2. The minimum absolute atomic E-state index is 0.332. The van der Waals surface area contributed by atoms with Crippen LogP contribution in [0.3, 0.4) is 0 Å². The Labute approximate surface area is 132 Å². The van der Waals surface area contributed by atoms with Gasteiger partial charge in [0.25, 0.3) is 0 Å². The molecule has 0 spiro atoms. The molecule has 1 aromatic rings. The Morgan fingerprint density at radius 2 is 2.18 bits per heavy atom. The van der Waals surface area contributed by atoms with Crippen LogP contribution in [-0.2, 0) is 11.2 Å². The molecule has 3 heterocycles. The number of rotatable bonds is 3. The molecular formula is C17H28N4O. The Bertz CT molecular complexity index is 505. The first-order chi connectivity index (χ1) is 10.7. The minimum Gasteiger partial charge on any atom is -0.339 e. The number of piperidine rings is 1. The average Bonchev–Trinajstić information content (AvgIpc) is 2.74. The largest absolute Gasteiger partial charge is 0.339 e. The van der Waals surface area contributed by atoms with Crippen molar-refractivity contribution in [2.24, 2.45) is 5.92 Å². The van der Waals surface area contributed by atoms with E-state index in [4.69, 9.17) is 0 Å². The zero-order valence-electron chi connectivity index (χ0n) is 13.8. The maximum atomic E-state index is 12.8. The van der Waals surface area contributed by atoms with Crippen molar-refractivity contribution in [3.8, 4) is 0 Å². The van der Waals surface area contributed by atoms with Gasteiger partial charge in [0.05, 0.1) is 5.69 Å². The molecule has 5 nitrogen and oxygen atoms in total. The number of aromatic nitrogens is 2. The Kier molecular flexibility index (Phi) is 4.81. The summed E-state index contributed by atoms with van der Waals surface area (Å²) in [7, 11) is 0. The van der Waals surface area contributed by atoms with Crippen LogP contribution >= 0.6 is 0 Å². The highest BCUT2D eigenvalue weighted by molar-refractivity contribution is 5.77. The molecule has 0 aromatic carbocycles. The number of amides is 1. The van der Waals surface area contributed by atoms with Crippen molar-refractivity contribution < 1.29 is 4.79 Å². The summed E-state index contributed by atoms with van der Waals surface area (Å²) in [6.45, 7) is 7.12. The number of aryl methyl sites for hydroxylation is 2. The highest BCUT2D eigenvalue weighted by Crippen LogP contribution is 2.28. The van der Waals surface area contributed by atoms with Gasteiger partial charge in [-0.1, -0.05) is 6.42 Å². The Balaban J connectivity index is 1.65. The molecule has 0 radical (unpaired) electrons. The second-order valence-electron chi connectivity index (χ2n) is 6.82. The zero-order valence-corrected chi connectivity index (χ0v) is 13.8. The first-order valence-corrected chi connectivity index (χ1v) is 8.67. The summed E-state index contributed by atoms with van der Waals surface area (Å²) in [5, 5.41) is 10.7. The summed E-state index contributed by atoms with van der Waals surface area (Å²) in [6.07, 6.45) is 6.20. The first-order valence-electron chi connectivity index (χ1n) is 8.67. The van der Waals surface area contributed by atoms with Crippen molar-refractivity contribution in [1.82, 2.24) is 20.4 Å². The van der Waals surface area contributed by atoms with E-state index in [1.807, 2.05) is 13.8 Å². The van der Waals surface area contributed by atoms with Gasteiger partial charge in [0.15, 0.2) is 0 Å². The maximum Gasteiger partial charge on any atom is 0.223 e. The van der Waals surface area contributed by atoms with Crippen molar-refractivity contribution in [3.05, 3.63) is 17.0 Å². The van der Waals surface area contributed by atoms with Crippen LogP contribution in [-0.4, -0.2) is 46.7 Å². The van der Waals surface area contributed by atoms with Gasteiger partial charge in [0.1, 0.15) is 0 Å². The third-order valence-corrected chi connectivity index (χ3v) is 5.38. The van der Waals surface area contributed by atoms with Gasteiger partial charge >= 0.3 is 0 Å². The molecule has 3 rings (SSSR count). The fraction of sp³-hybridized carbons (Fsp3) is 0.765. The predicted molar refractivity (Wildman–Crippen MR) is 86.7 cm³/mol. The van der Waals surface area contributed by atoms with Crippen molar-refractivity contribution >= 4 is 5.91 Å². The quantitative estimate of drug-likeness (QED) is 0.897. The van der Waals surface area contributed by atoms with Gasteiger partial charge in [-0.25, -0.2) is 0 Å². The lowest BCUT2D eigenvalue weighted by Crippen LogP contribution is -2.51. The molecule has 2 N–H and O–H groups in total. The molecule has 1 amide bonds. The van der Waals surface area contributed by atoms with Crippen molar-refractivity contribution in [3.63, 3.8) is 0 Å². The SMILES string of the molecule is Cc1n[nH]c(C)c1CCC(=O)N1CCCC[C@H]2CNCC[C@H]21.